The molecule has 0 aliphatic rings. The van der Waals surface area contributed by atoms with Gasteiger partial charge in [0.25, 0.3) is 5.56 Å². The summed E-state index contributed by atoms with van der Waals surface area (Å²) in [5, 5.41) is 3.08. The monoisotopic (exact) mass is 343 g/mol. The van der Waals surface area contributed by atoms with Crippen molar-refractivity contribution in [1.29, 1.82) is 0 Å². The topological polar surface area (TPSA) is 57.8 Å². The summed E-state index contributed by atoms with van der Waals surface area (Å²) >= 11 is 5.76. The molecule has 2 aromatic carbocycles. The summed E-state index contributed by atoms with van der Waals surface area (Å²) in [5.74, 6) is -0.119. The van der Waals surface area contributed by atoms with E-state index in [2.05, 4.69) is 15.3 Å². The molecule has 0 spiro atoms. The Morgan fingerprint density at radius 1 is 1.17 bits per heavy atom. The summed E-state index contributed by atoms with van der Waals surface area (Å²) in [4.78, 5) is 18.9. The number of halogens is 2. The second-order valence-electron chi connectivity index (χ2n) is 5.45. The molecule has 0 aliphatic carbocycles. The highest BCUT2D eigenvalue weighted by Gasteiger charge is 2.05. The second-order valence-corrected chi connectivity index (χ2v) is 5.85. The molecule has 0 amide bonds. The van der Waals surface area contributed by atoms with Gasteiger partial charge >= 0.3 is 0 Å². The molecule has 3 rings (SSSR count). The van der Waals surface area contributed by atoms with Gasteiger partial charge in [-0.2, -0.15) is 0 Å². The largest absolute Gasteiger partial charge is 0.352 e. The fourth-order valence-electron chi connectivity index (χ4n) is 2.25. The van der Waals surface area contributed by atoms with Crippen LogP contribution in [0, 0.1) is 12.7 Å². The Labute approximate surface area is 143 Å². The third-order valence-electron chi connectivity index (χ3n) is 3.53. The van der Waals surface area contributed by atoms with Crippen molar-refractivity contribution in [2.24, 2.45) is 0 Å². The molecule has 1 aromatic heterocycles. The predicted molar refractivity (Wildman–Crippen MR) is 93.8 cm³/mol. The molecule has 2 N–H and O–H groups in total. The molecule has 4 nitrogen and oxygen atoms in total. The number of aromatic nitrogens is 2. The van der Waals surface area contributed by atoms with Crippen LogP contribution in [0.3, 0.4) is 0 Å². The van der Waals surface area contributed by atoms with Crippen molar-refractivity contribution in [2.75, 3.05) is 5.32 Å². The maximum absolute atomic E-state index is 13.2. The number of aryl methyl sites for hydroxylation is 1. The smallest absolute Gasteiger partial charge is 0.252 e. The second kappa shape index (κ2) is 6.84. The summed E-state index contributed by atoms with van der Waals surface area (Å²) in [6.45, 7) is 2.36. The predicted octanol–water partition coefficient (Wildman–Crippen LogP) is 4.15. The van der Waals surface area contributed by atoms with Crippen molar-refractivity contribution < 1.29 is 4.39 Å². The highest BCUT2D eigenvalue weighted by atomic mass is 35.5. The lowest BCUT2D eigenvalue weighted by Crippen LogP contribution is -2.12. The lowest BCUT2D eigenvalue weighted by molar-refractivity contribution is 0.627. The van der Waals surface area contributed by atoms with Gasteiger partial charge < -0.3 is 5.32 Å². The summed E-state index contributed by atoms with van der Waals surface area (Å²) < 4.78 is 13.2. The molecule has 1 heterocycles. The third-order valence-corrected chi connectivity index (χ3v) is 3.82. The van der Waals surface area contributed by atoms with Crippen molar-refractivity contribution in [3.63, 3.8) is 0 Å². The number of hydrogen-bond donors (Lipinski definition) is 2. The number of H-pyrrole nitrogens is 1. The molecule has 0 atom stereocenters. The molecule has 0 fully saturated rings. The molecule has 3 aromatic rings. The van der Waals surface area contributed by atoms with Crippen LogP contribution in [-0.2, 0) is 6.54 Å². The van der Waals surface area contributed by atoms with Crippen LogP contribution in [0.4, 0.5) is 10.3 Å². The van der Waals surface area contributed by atoms with Gasteiger partial charge in [0.2, 0.25) is 5.95 Å². The van der Waals surface area contributed by atoms with Crippen molar-refractivity contribution in [3.05, 3.63) is 80.9 Å². The van der Waals surface area contributed by atoms with E-state index in [1.54, 1.807) is 6.07 Å². The van der Waals surface area contributed by atoms with Crippen molar-refractivity contribution in [2.45, 2.75) is 13.5 Å². The number of aromatic amines is 1. The molecule has 0 saturated carbocycles. The molecule has 24 heavy (non-hydrogen) atoms. The maximum Gasteiger partial charge on any atom is 0.252 e. The van der Waals surface area contributed by atoms with E-state index in [9.17, 15) is 9.18 Å². The van der Waals surface area contributed by atoms with Crippen molar-refractivity contribution in [1.82, 2.24) is 9.97 Å². The van der Waals surface area contributed by atoms with E-state index in [0.717, 1.165) is 16.7 Å². The van der Waals surface area contributed by atoms with Crippen LogP contribution >= 0.6 is 11.6 Å². The van der Waals surface area contributed by atoms with Gasteiger partial charge in [0.05, 0.1) is 10.7 Å². The van der Waals surface area contributed by atoms with Gasteiger partial charge in [-0.1, -0.05) is 47.5 Å². The molecule has 6 heteroatoms. The first kappa shape index (κ1) is 16.2. The first-order valence-corrected chi connectivity index (χ1v) is 7.75. The first-order chi connectivity index (χ1) is 11.5. The SMILES string of the molecule is Cc1ccc(-c2cc(=O)[nH]c(NCc3ccc(F)c(Cl)c3)n2)cc1. The standard InChI is InChI=1S/C18H15ClFN3O/c1-11-2-5-13(6-3-11)16-9-17(24)23-18(22-16)21-10-12-4-7-15(20)14(19)8-12/h2-9H,10H2,1H3,(H2,21,22,23,24). The fraction of sp³-hybridized carbons (Fsp3) is 0.111. The minimum atomic E-state index is -0.465. The zero-order valence-corrected chi connectivity index (χ0v) is 13.7. The summed E-state index contributed by atoms with van der Waals surface area (Å²) in [6.07, 6.45) is 0. The summed E-state index contributed by atoms with van der Waals surface area (Å²) in [6, 6.07) is 13.7. The van der Waals surface area contributed by atoms with Crippen LogP contribution in [0.15, 0.2) is 53.3 Å². The highest BCUT2D eigenvalue weighted by molar-refractivity contribution is 6.30. The Balaban J connectivity index is 1.82. The van der Waals surface area contributed by atoms with E-state index < -0.39 is 5.82 Å². The molecular formula is C18H15ClFN3O. The van der Waals surface area contributed by atoms with E-state index in [0.29, 0.717) is 18.2 Å². The zero-order valence-electron chi connectivity index (χ0n) is 12.9. The minimum absolute atomic E-state index is 0.0594. The van der Waals surface area contributed by atoms with Crippen LogP contribution in [-0.4, -0.2) is 9.97 Å². The van der Waals surface area contributed by atoms with Gasteiger partial charge in [-0.25, -0.2) is 9.37 Å². The Morgan fingerprint density at radius 3 is 2.62 bits per heavy atom. The van der Waals surface area contributed by atoms with Crippen LogP contribution in [0.2, 0.25) is 5.02 Å². The fourth-order valence-corrected chi connectivity index (χ4v) is 2.45. The Hall–Kier alpha value is -2.66. The van der Waals surface area contributed by atoms with Gasteiger partial charge in [0, 0.05) is 18.2 Å². The zero-order chi connectivity index (χ0) is 17.1. The number of benzene rings is 2. The average Bonchev–Trinajstić information content (AvgIpc) is 2.56. The van der Waals surface area contributed by atoms with Gasteiger partial charge in [0.1, 0.15) is 5.82 Å². The first-order valence-electron chi connectivity index (χ1n) is 7.37. The van der Waals surface area contributed by atoms with Gasteiger partial charge in [0.15, 0.2) is 0 Å². The highest BCUT2D eigenvalue weighted by Crippen LogP contribution is 2.18. The van der Waals surface area contributed by atoms with E-state index in [1.165, 1.54) is 18.2 Å². The van der Waals surface area contributed by atoms with Crippen LogP contribution in [0.1, 0.15) is 11.1 Å². The molecule has 0 bridgehead atoms. The molecule has 122 valence electrons. The number of rotatable bonds is 4. The van der Waals surface area contributed by atoms with Gasteiger partial charge in [-0.3, -0.25) is 9.78 Å². The Bertz CT molecular complexity index is 922. The summed E-state index contributed by atoms with van der Waals surface area (Å²) in [7, 11) is 0. The molecule has 0 unspecified atom stereocenters. The van der Waals surface area contributed by atoms with E-state index in [-0.39, 0.29) is 10.6 Å². The number of hydrogen-bond acceptors (Lipinski definition) is 3. The maximum atomic E-state index is 13.2. The van der Waals surface area contributed by atoms with E-state index in [1.807, 2.05) is 31.2 Å². The Kier molecular flexibility index (Phi) is 4.62. The van der Waals surface area contributed by atoms with E-state index >= 15 is 0 Å². The van der Waals surface area contributed by atoms with Crippen molar-refractivity contribution >= 4 is 17.5 Å². The molecule has 0 aliphatic heterocycles. The Morgan fingerprint density at radius 2 is 1.92 bits per heavy atom. The lowest BCUT2D eigenvalue weighted by Gasteiger charge is -2.08. The van der Waals surface area contributed by atoms with Gasteiger partial charge in [-0.05, 0) is 24.6 Å². The van der Waals surface area contributed by atoms with Crippen LogP contribution in [0.25, 0.3) is 11.3 Å². The van der Waals surface area contributed by atoms with Gasteiger partial charge in [-0.15, -0.1) is 0 Å². The summed E-state index contributed by atoms with van der Waals surface area (Å²) in [5.41, 5.74) is 3.11. The lowest BCUT2D eigenvalue weighted by atomic mass is 10.1. The normalized spacial score (nSPS) is 10.6. The van der Waals surface area contributed by atoms with Crippen LogP contribution < -0.4 is 10.9 Å². The number of anilines is 1. The number of nitrogens with one attached hydrogen (secondary N) is 2. The van der Waals surface area contributed by atoms with E-state index in [4.69, 9.17) is 11.6 Å². The van der Waals surface area contributed by atoms with Crippen molar-refractivity contribution in [3.8, 4) is 11.3 Å². The third kappa shape index (κ3) is 3.81. The molecule has 0 saturated heterocycles. The molecular weight excluding hydrogens is 329 g/mol. The molecule has 0 radical (unpaired) electrons. The van der Waals surface area contributed by atoms with Crippen LogP contribution in [0.5, 0.6) is 0 Å². The average molecular weight is 344 g/mol. The number of nitrogens with zero attached hydrogens (tertiary/aromatic N) is 1. The quantitative estimate of drug-likeness (QED) is 0.748. The minimum Gasteiger partial charge on any atom is -0.352 e.